The van der Waals surface area contributed by atoms with E-state index in [2.05, 4.69) is 5.32 Å². The molecule has 2 rings (SSSR count). The van der Waals surface area contributed by atoms with E-state index in [1.54, 1.807) is 25.2 Å². The molecule has 1 aliphatic heterocycles. The Morgan fingerprint density at radius 3 is 3.00 bits per heavy atom. The zero-order valence-electron chi connectivity index (χ0n) is 10.4. The highest BCUT2D eigenvalue weighted by atomic mass is 32.1. The number of ether oxygens (including phenoxy) is 1. The molecule has 2 heterocycles. The predicted molar refractivity (Wildman–Crippen MR) is 69.2 cm³/mol. The zero-order chi connectivity index (χ0) is 13.1. The van der Waals surface area contributed by atoms with Crippen LogP contribution >= 0.6 is 11.3 Å². The van der Waals surface area contributed by atoms with Gasteiger partial charge < -0.3 is 10.1 Å². The Hall–Kier alpha value is -1.62. The van der Waals surface area contributed by atoms with Crippen LogP contribution in [0.5, 0.6) is 0 Å². The van der Waals surface area contributed by atoms with Crippen molar-refractivity contribution in [2.24, 2.45) is 0 Å². The Balaban J connectivity index is 2.38. The molecule has 18 heavy (non-hydrogen) atoms. The summed E-state index contributed by atoms with van der Waals surface area (Å²) in [6.07, 6.45) is 0.298. The van der Waals surface area contributed by atoms with E-state index >= 15 is 0 Å². The lowest BCUT2D eigenvalue weighted by Crippen LogP contribution is -2.33. The van der Waals surface area contributed by atoms with Crippen molar-refractivity contribution in [1.82, 2.24) is 5.32 Å². The van der Waals surface area contributed by atoms with E-state index in [4.69, 9.17) is 4.74 Å². The summed E-state index contributed by atoms with van der Waals surface area (Å²) in [5, 5.41) is 4.65. The standard InChI is InChI=1S/C13H15NO3S/c1-3-17-13(16)12-8(2)14-11(15)7-9(12)10-5-4-6-18-10/h4-6,9H,3,7H2,1-2H3,(H,14,15). The molecule has 96 valence electrons. The minimum atomic E-state index is -0.339. The molecule has 1 atom stereocenters. The van der Waals surface area contributed by atoms with Gasteiger partial charge in [-0.2, -0.15) is 0 Å². The van der Waals surface area contributed by atoms with Crippen LogP contribution in [0.2, 0.25) is 0 Å². The van der Waals surface area contributed by atoms with E-state index in [0.29, 0.717) is 24.3 Å². The van der Waals surface area contributed by atoms with Gasteiger partial charge in [0.15, 0.2) is 0 Å². The van der Waals surface area contributed by atoms with E-state index in [0.717, 1.165) is 4.88 Å². The number of carbonyl (C=O) groups is 2. The molecule has 0 aromatic carbocycles. The number of esters is 1. The maximum atomic E-state index is 12.0. The highest BCUT2D eigenvalue weighted by Crippen LogP contribution is 2.35. The van der Waals surface area contributed by atoms with Crippen LogP contribution in [0.25, 0.3) is 0 Å². The molecule has 1 amide bonds. The molecular formula is C13H15NO3S. The molecule has 0 saturated heterocycles. The third-order valence-electron chi connectivity index (χ3n) is 2.85. The van der Waals surface area contributed by atoms with Crippen LogP contribution < -0.4 is 5.32 Å². The normalized spacial score (nSPS) is 19.7. The second-order valence-electron chi connectivity index (χ2n) is 4.08. The first kappa shape index (κ1) is 12.8. The fourth-order valence-corrected chi connectivity index (χ4v) is 2.95. The molecule has 4 nitrogen and oxygen atoms in total. The average Bonchev–Trinajstić information content (AvgIpc) is 2.81. The number of carbonyl (C=O) groups excluding carboxylic acids is 2. The van der Waals surface area contributed by atoms with Crippen molar-refractivity contribution in [3.05, 3.63) is 33.7 Å². The molecule has 1 unspecified atom stereocenters. The van der Waals surface area contributed by atoms with Crippen molar-refractivity contribution in [3.63, 3.8) is 0 Å². The first-order valence-corrected chi connectivity index (χ1v) is 6.72. The van der Waals surface area contributed by atoms with Crippen LogP contribution in [0.4, 0.5) is 0 Å². The van der Waals surface area contributed by atoms with Gasteiger partial charge in [-0.1, -0.05) is 6.07 Å². The maximum absolute atomic E-state index is 12.0. The number of allylic oxidation sites excluding steroid dienone is 1. The minimum absolute atomic E-state index is 0.0565. The van der Waals surface area contributed by atoms with Crippen molar-refractivity contribution in [1.29, 1.82) is 0 Å². The molecule has 0 bridgehead atoms. The zero-order valence-corrected chi connectivity index (χ0v) is 11.2. The third kappa shape index (κ3) is 2.46. The number of hydrogen-bond donors (Lipinski definition) is 1. The van der Waals surface area contributed by atoms with Crippen molar-refractivity contribution < 1.29 is 14.3 Å². The SMILES string of the molecule is CCOC(=O)C1=C(C)NC(=O)CC1c1cccs1. The summed E-state index contributed by atoms with van der Waals surface area (Å²) in [6.45, 7) is 3.85. The molecule has 0 fully saturated rings. The summed E-state index contributed by atoms with van der Waals surface area (Å²) in [7, 11) is 0. The van der Waals surface area contributed by atoms with Gasteiger partial charge in [-0.05, 0) is 25.3 Å². The van der Waals surface area contributed by atoms with Gasteiger partial charge in [-0.15, -0.1) is 11.3 Å². The van der Waals surface area contributed by atoms with Gasteiger partial charge in [-0.25, -0.2) is 4.79 Å². The summed E-state index contributed by atoms with van der Waals surface area (Å²) >= 11 is 1.55. The van der Waals surface area contributed by atoms with Crippen molar-refractivity contribution >= 4 is 23.2 Å². The van der Waals surface area contributed by atoms with E-state index in [1.807, 2.05) is 17.5 Å². The molecule has 1 N–H and O–H groups in total. The van der Waals surface area contributed by atoms with Crippen LogP contribution in [0.3, 0.4) is 0 Å². The predicted octanol–water partition coefficient (Wildman–Crippen LogP) is 2.19. The Kier molecular flexibility index (Phi) is 3.81. The monoisotopic (exact) mass is 265 g/mol. The van der Waals surface area contributed by atoms with Gasteiger partial charge in [0.2, 0.25) is 5.91 Å². The van der Waals surface area contributed by atoms with Crippen molar-refractivity contribution in [2.45, 2.75) is 26.2 Å². The van der Waals surface area contributed by atoms with Gasteiger partial charge >= 0.3 is 5.97 Å². The lowest BCUT2D eigenvalue weighted by Gasteiger charge is -2.25. The molecule has 0 radical (unpaired) electrons. The number of hydrogen-bond acceptors (Lipinski definition) is 4. The summed E-state index contributed by atoms with van der Waals surface area (Å²) in [4.78, 5) is 24.6. The Labute approximate surface area is 110 Å². The summed E-state index contributed by atoms with van der Waals surface area (Å²) in [6, 6.07) is 3.87. The number of nitrogens with one attached hydrogen (secondary N) is 1. The van der Waals surface area contributed by atoms with Crippen LogP contribution in [0.1, 0.15) is 31.1 Å². The molecule has 1 aromatic rings. The van der Waals surface area contributed by atoms with Gasteiger partial charge in [0.1, 0.15) is 0 Å². The van der Waals surface area contributed by atoms with E-state index in [9.17, 15) is 9.59 Å². The quantitative estimate of drug-likeness (QED) is 0.852. The minimum Gasteiger partial charge on any atom is -0.463 e. The van der Waals surface area contributed by atoms with E-state index < -0.39 is 0 Å². The van der Waals surface area contributed by atoms with Crippen molar-refractivity contribution in [2.75, 3.05) is 6.61 Å². The largest absolute Gasteiger partial charge is 0.463 e. The molecule has 0 saturated carbocycles. The summed E-state index contributed by atoms with van der Waals surface area (Å²) in [5.74, 6) is -0.579. The lowest BCUT2D eigenvalue weighted by molar-refractivity contribution is -0.139. The summed E-state index contributed by atoms with van der Waals surface area (Å²) < 4.78 is 5.07. The highest BCUT2D eigenvalue weighted by Gasteiger charge is 2.33. The number of amides is 1. The number of rotatable bonds is 3. The lowest BCUT2D eigenvalue weighted by atomic mass is 9.89. The highest BCUT2D eigenvalue weighted by molar-refractivity contribution is 7.10. The molecule has 0 spiro atoms. The van der Waals surface area contributed by atoms with Gasteiger partial charge in [0.25, 0.3) is 0 Å². The van der Waals surface area contributed by atoms with Crippen LogP contribution in [0, 0.1) is 0 Å². The van der Waals surface area contributed by atoms with Gasteiger partial charge in [-0.3, -0.25) is 4.79 Å². The first-order chi connectivity index (χ1) is 8.63. The third-order valence-corrected chi connectivity index (χ3v) is 3.84. The van der Waals surface area contributed by atoms with Gasteiger partial charge in [0.05, 0.1) is 12.2 Å². The van der Waals surface area contributed by atoms with Crippen molar-refractivity contribution in [3.8, 4) is 0 Å². The molecule has 0 aliphatic carbocycles. The Bertz CT molecular complexity index is 490. The average molecular weight is 265 g/mol. The Morgan fingerprint density at radius 1 is 1.61 bits per heavy atom. The first-order valence-electron chi connectivity index (χ1n) is 5.84. The fraction of sp³-hybridized carbons (Fsp3) is 0.385. The van der Waals surface area contributed by atoms with Gasteiger partial charge in [0, 0.05) is 22.9 Å². The molecule has 1 aliphatic rings. The molecular weight excluding hydrogens is 250 g/mol. The van der Waals surface area contributed by atoms with E-state index in [1.165, 1.54) is 0 Å². The molecule has 5 heteroatoms. The second kappa shape index (κ2) is 5.35. The smallest absolute Gasteiger partial charge is 0.336 e. The number of thiophene rings is 1. The van der Waals surface area contributed by atoms with E-state index in [-0.39, 0.29) is 17.8 Å². The van der Waals surface area contributed by atoms with Crippen LogP contribution in [-0.4, -0.2) is 18.5 Å². The van der Waals surface area contributed by atoms with Crippen LogP contribution in [0.15, 0.2) is 28.8 Å². The maximum Gasteiger partial charge on any atom is 0.336 e. The fourth-order valence-electron chi connectivity index (χ4n) is 2.11. The topological polar surface area (TPSA) is 55.4 Å². The van der Waals surface area contributed by atoms with Crippen LogP contribution in [-0.2, 0) is 14.3 Å². The molecule has 1 aromatic heterocycles. The second-order valence-corrected chi connectivity index (χ2v) is 5.06. The summed E-state index contributed by atoms with van der Waals surface area (Å²) in [5.41, 5.74) is 1.17. The Morgan fingerprint density at radius 2 is 2.39 bits per heavy atom.